The van der Waals surface area contributed by atoms with Gasteiger partial charge >= 0.3 is 12.1 Å². The van der Waals surface area contributed by atoms with Crippen LogP contribution in [0.2, 0.25) is 5.02 Å². The zero-order chi connectivity index (χ0) is 14.6. The van der Waals surface area contributed by atoms with Crippen LogP contribution in [0.4, 0.5) is 4.79 Å². The molecule has 1 rings (SSSR count). The van der Waals surface area contributed by atoms with Gasteiger partial charge in [-0.2, -0.15) is 0 Å². The minimum absolute atomic E-state index is 0.269. The molecule has 0 aromatic heterocycles. The first kappa shape index (κ1) is 15.3. The minimum atomic E-state index is -1.25. The van der Waals surface area contributed by atoms with Crippen LogP contribution in [0, 0.1) is 0 Å². The quantitative estimate of drug-likeness (QED) is 0.895. The van der Waals surface area contributed by atoms with E-state index < -0.39 is 23.7 Å². The van der Waals surface area contributed by atoms with E-state index in [9.17, 15) is 9.59 Å². The molecule has 5 nitrogen and oxygen atoms in total. The normalized spacial score (nSPS) is 12.6. The number of alkyl carbamates (subject to hydrolysis) is 1. The fraction of sp³-hybridized carbons (Fsp3) is 0.385. The fourth-order valence-corrected chi connectivity index (χ4v) is 1.65. The van der Waals surface area contributed by atoms with Gasteiger partial charge in [-0.3, -0.25) is 0 Å². The summed E-state index contributed by atoms with van der Waals surface area (Å²) in [6.45, 7) is 5.08. The molecule has 0 bridgehead atoms. The number of rotatable bonds is 3. The molecule has 1 aromatic carbocycles. The van der Waals surface area contributed by atoms with E-state index >= 15 is 0 Å². The van der Waals surface area contributed by atoms with Crippen LogP contribution in [0.25, 0.3) is 0 Å². The van der Waals surface area contributed by atoms with E-state index in [2.05, 4.69) is 5.32 Å². The van der Waals surface area contributed by atoms with E-state index in [1.165, 1.54) is 0 Å². The molecule has 0 aliphatic carbocycles. The zero-order valence-corrected chi connectivity index (χ0v) is 11.7. The van der Waals surface area contributed by atoms with Crippen LogP contribution in [-0.4, -0.2) is 22.8 Å². The Morgan fingerprint density at radius 2 is 1.89 bits per heavy atom. The Morgan fingerprint density at radius 3 is 2.37 bits per heavy atom. The molecule has 0 saturated heterocycles. The first-order valence-electron chi connectivity index (χ1n) is 5.67. The Balaban J connectivity index is 2.89. The average Bonchev–Trinajstić information content (AvgIpc) is 2.24. The van der Waals surface area contributed by atoms with Crippen molar-refractivity contribution in [3.05, 3.63) is 34.9 Å². The van der Waals surface area contributed by atoms with E-state index in [0.717, 1.165) is 0 Å². The van der Waals surface area contributed by atoms with E-state index in [-0.39, 0.29) is 5.02 Å². The SMILES string of the molecule is CC(C)(C)OC(=O)NC(C(=O)O)c1ccccc1Cl. The van der Waals surface area contributed by atoms with Crippen molar-refractivity contribution in [1.29, 1.82) is 0 Å². The minimum Gasteiger partial charge on any atom is -0.479 e. The van der Waals surface area contributed by atoms with Crippen molar-refractivity contribution >= 4 is 23.7 Å². The van der Waals surface area contributed by atoms with Gasteiger partial charge in [-0.1, -0.05) is 29.8 Å². The van der Waals surface area contributed by atoms with E-state index in [1.54, 1.807) is 45.0 Å². The Morgan fingerprint density at radius 1 is 1.32 bits per heavy atom. The molecule has 1 atom stereocenters. The third-order valence-corrected chi connectivity index (χ3v) is 2.47. The number of amides is 1. The Bertz CT molecular complexity index is 482. The molecule has 0 aliphatic rings. The number of carboxylic acids is 1. The third kappa shape index (κ3) is 4.79. The fourth-order valence-electron chi connectivity index (χ4n) is 1.41. The number of benzene rings is 1. The summed E-state index contributed by atoms with van der Waals surface area (Å²) in [6.07, 6.45) is -0.806. The number of carbonyl (C=O) groups is 2. The summed E-state index contributed by atoms with van der Waals surface area (Å²) in [5, 5.41) is 11.7. The van der Waals surface area contributed by atoms with Crippen molar-refractivity contribution in [2.45, 2.75) is 32.4 Å². The van der Waals surface area contributed by atoms with Gasteiger partial charge in [0.2, 0.25) is 0 Å². The number of nitrogens with one attached hydrogen (secondary N) is 1. The van der Waals surface area contributed by atoms with Gasteiger partial charge in [-0.25, -0.2) is 9.59 Å². The highest BCUT2D eigenvalue weighted by Crippen LogP contribution is 2.23. The summed E-state index contributed by atoms with van der Waals surface area (Å²) < 4.78 is 5.02. The molecule has 2 N–H and O–H groups in total. The van der Waals surface area contributed by atoms with Gasteiger partial charge in [0.25, 0.3) is 0 Å². The maximum atomic E-state index is 11.6. The maximum absolute atomic E-state index is 11.6. The van der Waals surface area contributed by atoms with Crippen molar-refractivity contribution in [3.8, 4) is 0 Å². The second kappa shape index (κ2) is 5.93. The Hall–Kier alpha value is -1.75. The average molecular weight is 286 g/mol. The van der Waals surface area contributed by atoms with E-state index in [1.807, 2.05) is 0 Å². The number of carbonyl (C=O) groups excluding carboxylic acids is 1. The molecule has 0 saturated carbocycles. The molecule has 0 fully saturated rings. The molecule has 1 amide bonds. The van der Waals surface area contributed by atoms with Crippen LogP contribution >= 0.6 is 11.6 Å². The van der Waals surface area contributed by atoms with Crippen molar-refractivity contribution < 1.29 is 19.4 Å². The third-order valence-electron chi connectivity index (χ3n) is 2.12. The number of ether oxygens (including phenoxy) is 1. The van der Waals surface area contributed by atoms with Crippen LogP contribution in [0.1, 0.15) is 32.4 Å². The van der Waals surface area contributed by atoms with Crippen LogP contribution in [0.3, 0.4) is 0 Å². The highest BCUT2D eigenvalue weighted by molar-refractivity contribution is 6.31. The summed E-state index contributed by atoms with van der Waals surface area (Å²) in [4.78, 5) is 22.8. The first-order valence-corrected chi connectivity index (χ1v) is 6.05. The van der Waals surface area contributed by atoms with Gasteiger partial charge < -0.3 is 15.2 Å². The summed E-state index contributed by atoms with van der Waals surface area (Å²) in [5.41, 5.74) is -0.393. The second-order valence-corrected chi connectivity index (χ2v) is 5.35. The zero-order valence-electron chi connectivity index (χ0n) is 10.9. The van der Waals surface area contributed by atoms with E-state index in [4.69, 9.17) is 21.4 Å². The lowest BCUT2D eigenvalue weighted by atomic mass is 10.1. The van der Waals surface area contributed by atoms with Crippen LogP contribution < -0.4 is 5.32 Å². The molecule has 0 heterocycles. The number of hydrogen-bond donors (Lipinski definition) is 2. The molecular weight excluding hydrogens is 270 g/mol. The number of carboxylic acid groups (broad SMARTS) is 1. The maximum Gasteiger partial charge on any atom is 0.408 e. The molecule has 6 heteroatoms. The Kier molecular flexibility index (Phi) is 4.78. The molecule has 1 aromatic rings. The molecular formula is C13H16ClNO4. The number of halogens is 1. The standard InChI is InChI=1S/C13H16ClNO4/c1-13(2,3)19-12(18)15-10(11(16)17)8-6-4-5-7-9(8)14/h4-7,10H,1-3H3,(H,15,18)(H,16,17). The van der Waals surface area contributed by atoms with E-state index in [0.29, 0.717) is 5.56 Å². The second-order valence-electron chi connectivity index (χ2n) is 4.94. The van der Waals surface area contributed by atoms with Gasteiger partial charge in [-0.15, -0.1) is 0 Å². The highest BCUT2D eigenvalue weighted by Gasteiger charge is 2.26. The van der Waals surface area contributed by atoms with Crippen molar-refractivity contribution in [2.24, 2.45) is 0 Å². The topological polar surface area (TPSA) is 75.6 Å². The number of hydrogen-bond acceptors (Lipinski definition) is 3. The molecule has 0 spiro atoms. The van der Waals surface area contributed by atoms with Crippen LogP contribution in [0.5, 0.6) is 0 Å². The number of aliphatic carboxylic acids is 1. The van der Waals surface area contributed by atoms with Crippen LogP contribution in [0.15, 0.2) is 24.3 Å². The monoisotopic (exact) mass is 285 g/mol. The lowest BCUT2D eigenvalue weighted by molar-refractivity contribution is -0.139. The lowest BCUT2D eigenvalue weighted by Gasteiger charge is -2.22. The Labute approximate surface area is 116 Å². The summed E-state index contributed by atoms with van der Waals surface area (Å²) in [6, 6.07) is 5.18. The first-order chi connectivity index (χ1) is 8.70. The summed E-state index contributed by atoms with van der Waals surface area (Å²) in [7, 11) is 0. The van der Waals surface area contributed by atoms with Crippen molar-refractivity contribution in [2.75, 3.05) is 0 Å². The highest BCUT2D eigenvalue weighted by atomic mass is 35.5. The lowest BCUT2D eigenvalue weighted by Crippen LogP contribution is -2.38. The molecule has 19 heavy (non-hydrogen) atoms. The summed E-state index contributed by atoms with van der Waals surface area (Å²) in [5.74, 6) is -1.21. The molecule has 104 valence electrons. The van der Waals surface area contributed by atoms with Gasteiger partial charge in [0.1, 0.15) is 5.60 Å². The molecule has 1 unspecified atom stereocenters. The predicted molar refractivity (Wildman–Crippen MR) is 71.2 cm³/mol. The van der Waals surface area contributed by atoms with Crippen molar-refractivity contribution in [3.63, 3.8) is 0 Å². The van der Waals surface area contributed by atoms with Crippen LogP contribution in [-0.2, 0) is 9.53 Å². The summed E-state index contributed by atoms with van der Waals surface area (Å²) >= 11 is 5.92. The van der Waals surface area contributed by atoms with Gasteiger partial charge in [0.05, 0.1) is 0 Å². The smallest absolute Gasteiger partial charge is 0.408 e. The largest absolute Gasteiger partial charge is 0.479 e. The van der Waals surface area contributed by atoms with Gasteiger partial charge in [0, 0.05) is 10.6 Å². The van der Waals surface area contributed by atoms with Crippen molar-refractivity contribution in [1.82, 2.24) is 5.32 Å². The molecule has 0 radical (unpaired) electrons. The predicted octanol–water partition coefficient (Wildman–Crippen LogP) is 2.99. The molecule has 0 aliphatic heterocycles. The van der Waals surface area contributed by atoms with Gasteiger partial charge in [0.15, 0.2) is 6.04 Å². The van der Waals surface area contributed by atoms with Gasteiger partial charge in [-0.05, 0) is 26.8 Å².